The van der Waals surface area contributed by atoms with E-state index in [9.17, 15) is 9.59 Å². The number of hydrogen-bond donors (Lipinski definition) is 3. The lowest BCUT2D eigenvalue weighted by Crippen LogP contribution is -2.31. The van der Waals surface area contributed by atoms with Crippen molar-refractivity contribution in [2.24, 2.45) is 0 Å². The van der Waals surface area contributed by atoms with Gasteiger partial charge in [-0.1, -0.05) is 101 Å². The summed E-state index contributed by atoms with van der Waals surface area (Å²) in [5.74, 6) is 0. The van der Waals surface area contributed by atoms with E-state index in [-0.39, 0.29) is 10.9 Å². The van der Waals surface area contributed by atoms with Gasteiger partial charge in [0.25, 0.3) is 0 Å². The molecule has 0 bridgehead atoms. The lowest BCUT2D eigenvalue weighted by atomic mass is 10.2. The van der Waals surface area contributed by atoms with E-state index < -0.39 is 0 Å². The monoisotopic (exact) mass is 925 g/mol. The zero-order chi connectivity index (χ0) is 45.8. The molecule has 6 heterocycles. The Kier molecular flexibility index (Phi) is 11.4. The fourth-order valence-electron chi connectivity index (χ4n) is 7.51. The maximum absolute atomic E-state index is 12.7. The molecular weight excluding hydrogens is 889 g/mol. The van der Waals surface area contributed by atoms with Crippen molar-refractivity contribution in [3.05, 3.63) is 227 Å². The van der Waals surface area contributed by atoms with Gasteiger partial charge in [-0.15, -0.1) is 0 Å². The molecule has 12 rings (SSSR count). The van der Waals surface area contributed by atoms with E-state index in [2.05, 4.69) is 40.3 Å². The second kappa shape index (κ2) is 18.6. The van der Waals surface area contributed by atoms with Gasteiger partial charge in [-0.25, -0.2) is 24.0 Å². The topological polar surface area (TPSA) is 165 Å². The average Bonchev–Trinajstić information content (AvgIpc) is 4.22. The van der Waals surface area contributed by atoms with Crippen molar-refractivity contribution in [1.29, 1.82) is 0 Å². The lowest BCUT2D eigenvalue weighted by Gasteiger charge is -2.10. The fraction of sp³-hybridized carbons (Fsp3) is 0. The molecule has 6 aromatic carbocycles. The molecule has 68 heavy (non-hydrogen) atoms. The molecule has 0 radical (unpaired) electrons. The van der Waals surface area contributed by atoms with Crippen LogP contribution in [0.3, 0.4) is 0 Å². The Hall–Kier alpha value is -8.86. The molecule has 0 unspecified atom stereocenters. The smallest absolute Gasteiger partial charge is 0.235 e. The van der Waals surface area contributed by atoms with Gasteiger partial charge in [-0.2, -0.15) is 20.4 Å². The largest absolute Gasteiger partial charge is 0.333 e. The van der Waals surface area contributed by atoms with Crippen LogP contribution in [0.2, 0.25) is 0 Å². The van der Waals surface area contributed by atoms with E-state index in [1.54, 1.807) is 62.2 Å². The third-order valence-corrected chi connectivity index (χ3v) is 12.5. The summed E-state index contributed by atoms with van der Waals surface area (Å²) in [5, 5.41) is 18.6. The molecule has 0 aliphatic carbocycles. The van der Waals surface area contributed by atoms with E-state index >= 15 is 0 Å². The molecule has 16 heteroatoms. The van der Waals surface area contributed by atoms with E-state index in [1.807, 2.05) is 175 Å². The van der Waals surface area contributed by atoms with Crippen LogP contribution < -0.4 is 15.5 Å². The highest BCUT2D eigenvalue weighted by Crippen LogP contribution is 2.30. The zero-order valence-electron chi connectivity index (χ0n) is 35.8. The molecule has 0 aliphatic heterocycles. The zero-order valence-corrected chi connectivity index (χ0v) is 37.4. The number of aromatic nitrogens is 12. The normalized spacial score (nSPS) is 11.2. The summed E-state index contributed by atoms with van der Waals surface area (Å²) in [6.45, 7) is 0. The van der Waals surface area contributed by atoms with Gasteiger partial charge in [-0.3, -0.25) is 9.59 Å². The maximum Gasteiger partial charge on any atom is 0.235 e. The molecule has 12 aromatic rings. The first-order valence-corrected chi connectivity index (χ1v) is 23.0. The van der Waals surface area contributed by atoms with Crippen LogP contribution in [0.1, 0.15) is 0 Å². The Labute approximate surface area is 395 Å². The molecule has 0 saturated carbocycles. The fourth-order valence-corrected chi connectivity index (χ4v) is 9.22. The lowest BCUT2D eigenvalue weighted by molar-refractivity contribution is -0.654. The minimum absolute atomic E-state index is 0.147. The first-order valence-electron chi connectivity index (χ1n) is 21.4. The number of hydrogen-bond acceptors (Lipinski definition) is 9. The summed E-state index contributed by atoms with van der Waals surface area (Å²) in [7, 11) is 0. The summed E-state index contributed by atoms with van der Waals surface area (Å²) in [4.78, 5) is 43.3. The van der Waals surface area contributed by atoms with Gasteiger partial charge in [-0.05, 0) is 78.9 Å². The number of rotatable bonds is 10. The number of para-hydroxylation sites is 6. The number of benzene rings is 6. The van der Waals surface area contributed by atoms with Gasteiger partial charge in [0.05, 0.1) is 51.0 Å². The highest BCUT2D eigenvalue weighted by atomic mass is 32.2. The Morgan fingerprint density at radius 2 is 1.03 bits per heavy atom. The first kappa shape index (κ1) is 41.8. The van der Waals surface area contributed by atoms with Crippen molar-refractivity contribution in [3.63, 3.8) is 0 Å². The van der Waals surface area contributed by atoms with Crippen LogP contribution in [0.15, 0.2) is 236 Å². The molecule has 0 aliphatic rings. The van der Waals surface area contributed by atoms with Crippen LogP contribution in [0.25, 0.3) is 67.6 Å². The molecule has 0 atom stereocenters. The van der Waals surface area contributed by atoms with Gasteiger partial charge in [0.2, 0.25) is 22.7 Å². The van der Waals surface area contributed by atoms with Crippen molar-refractivity contribution < 1.29 is 4.68 Å². The number of aromatic amines is 3. The maximum atomic E-state index is 12.7. The van der Waals surface area contributed by atoms with Gasteiger partial charge in [0, 0.05) is 52.5 Å². The van der Waals surface area contributed by atoms with Crippen LogP contribution in [0.4, 0.5) is 0 Å². The average molecular weight is 926 g/mol. The quantitative estimate of drug-likeness (QED) is 0.113. The Morgan fingerprint density at radius 1 is 0.500 bits per heavy atom. The number of nitrogens with zero attached hydrogens (tertiary/aromatic N) is 9. The van der Waals surface area contributed by atoms with Crippen LogP contribution in [-0.4, -0.2) is 54.4 Å². The van der Waals surface area contributed by atoms with Crippen molar-refractivity contribution in [1.82, 2.24) is 54.4 Å². The second-order valence-corrected chi connectivity index (χ2v) is 17.4. The Balaban J connectivity index is 0.000000149. The van der Waals surface area contributed by atoms with Crippen molar-refractivity contribution in [3.8, 4) is 45.5 Å². The predicted molar refractivity (Wildman–Crippen MR) is 264 cm³/mol. The minimum atomic E-state index is -0.165. The van der Waals surface area contributed by atoms with Gasteiger partial charge in [0.15, 0.2) is 21.7 Å². The van der Waals surface area contributed by atoms with Crippen LogP contribution in [-0.2, 0) is 0 Å². The highest BCUT2D eigenvalue weighted by Gasteiger charge is 2.17. The number of fused-ring (bicyclic) bond motifs is 2. The third kappa shape index (κ3) is 8.91. The molecule has 328 valence electrons. The van der Waals surface area contributed by atoms with Crippen molar-refractivity contribution >= 4 is 45.6 Å². The third-order valence-electron chi connectivity index (χ3n) is 10.8. The molecule has 3 N–H and O–H groups in total. The standard InChI is InChI=1S/2C26H18N6OS/c33-24-14-16-32(30-25(24)23-13-15-31(29-23)18-7-2-1-3-8-18)19-9-6-10-20(17-19)34-26-27-21-11-4-5-12-22(21)28-26;33-24-14-16-31(30-25(24)23-13-15-27-32(23)18-7-2-1-3-8-18)19-9-6-10-20(17-19)34-26-28-21-11-4-5-12-22(21)29-26/h1-17H,(H,27,28);1-17H,(H,28,29)/p+1. The van der Waals surface area contributed by atoms with Crippen molar-refractivity contribution in [2.45, 2.75) is 20.1 Å². The van der Waals surface area contributed by atoms with Gasteiger partial charge >= 0.3 is 0 Å². The number of imidazole rings is 2. The molecule has 6 aromatic heterocycles. The first-order chi connectivity index (χ1) is 33.5. The van der Waals surface area contributed by atoms with E-state index in [4.69, 9.17) is 0 Å². The molecule has 0 amide bonds. The minimum Gasteiger partial charge on any atom is -0.333 e. The van der Waals surface area contributed by atoms with E-state index in [0.717, 1.165) is 64.9 Å². The Bertz CT molecular complexity index is 3770. The molecule has 0 spiro atoms. The van der Waals surface area contributed by atoms with E-state index in [0.29, 0.717) is 22.8 Å². The van der Waals surface area contributed by atoms with E-state index in [1.165, 1.54) is 12.1 Å². The van der Waals surface area contributed by atoms with Gasteiger partial charge < -0.3 is 9.97 Å². The SMILES string of the molecule is O=c1ccn(-c2cccc(Sc3nc4ccccc4[nH]3)c2)nc1-c1cc[n+](-c2ccccc2)[nH]1.O=c1ccn(-c2cccc(Sc3nc4ccccc4[nH]3)c2)nc1-c1ccnn1-c1ccccc1. The molecule has 14 nitrogen and oxygen atoms in total. The summed E-state index contributed by atoms with van der Waals surface area (Å²) in [5.41, 5.74) is 9.07. The van der Waals surface area contributed by atoms with Crippen LogP contribution in [0.5, 0.6) is 0 Å². The van der Waals surface area contributed by atoms with Crippen LogP contribution >= 0.6 is 23.5 Å². The summed E-state index contributed by atoms with van der Waals surface area (Å²) >= 11 is 3.09. The molecule has 0 saturated heterocycles. The Morgan fingerprint density at radius 3 is 1.63 bits per heavy atom. The molecule has 0 fully saturated rings. The summed E-state index contributed by atoms with van der Waals surface area (Å²) < 4.78 is 7.01. The summed E-state index contributed by atoms with van der Waals surface area (Å²) in [6.07, 6.45) is 6.92. The summed E-state index contributed by atoms with van der Waals surface area (Å²) in [6, 6.07) is 58.1. The predicted octanol–water partition coefficient (Wildman–Crippen LogP) is 9.64. The highest BCUT2D eigenvalue weighted by molar-refractivity contribution is 7.99. The van der Waals surface area contributed by atoms with Gasteiger partial charge in [0.1, 0.15) is 5.69 Å². The number of H-pyrrole nitrogens is 3. The number of nitrogens with one attached hydrogen (secondary N) is 3. The van der Waals surface area contributed by atoms with Crippen molar-refractivity contribution in [2.75, 3.05) is 0 Å². The molecular formula is C52H37N12O2S2+. The van der Waals surface area contributed by atoms with Crippen LogP contribution in [0, 0.1) is 0 Å². The second-order valence-electron chi connectivity index (χ2n) is 15.3.